The Labute approximate surface area is 118 Å². The topological polar surface area (TPSA) is 42.2 Å². The van der Waals surface area contributed by atoms with Crippen molar-refractivity contribution in [2.75, 3.05) is 18.0 Å². The van der Waals surface area contributed by atoms with Crippen LogP contribution in [0, 0.1) is 5.92 Å². The fourth-order valence-corrected chi connectivity index (χ4v) is 3.21. The predicted octanol–water partition coefficient (Wildman–Crippen LogP) is 3.19. The molecule has 4 heteroatoms. The standard InChI is InChI=1S/C14H22BrN3/c1-2-18(14-8-7-12(15)10-17-14)13-6-4-3-5-11(13)9-16/h7-8,10-11,13H,2-6,9,16H2,1H3. The molecule has 0 aromatic carbocycles. The normalized spacial score (nSPS) is 23.9. The lowest BCUT2D eigenvalue weighted by Gasteiger charge is -2.40. The van der Waals surface area contributed by atoms with E-state index in [1.54, 1.807) is 0 Å². The molecule has 1 heterocycles. The molecule has 18 heavy (non-hydrogen) atoms. The van der Waals surface area contributed by atoms with Crippen LogP contribution in [-0.2, 0) is 0 Å². The van der Waals surface area contributed by atoms with Crippen LogP contribution in [0.4, 0.5) is 5.82 Å². The second-order valence-electron chi connectivity index (χ2n) is 4.97. The Bertz CT molecular complexity index is 366. The van der Waals surface area contributed by atoms with Crippen molar-refractivity contribution in [3.63, 3.8) is 0 Å². The maximum absolute atomic E-state index is 5.93. The van der Waals surface area contributed by atoms with Crippen molar-refractivity contribution >= 4 is 21.7 Å². The first-order valence-corrected chi connectivity index (χ1v) is 7.63. The third kappa shape index (κ3) is 3.04. The number of hydrogen-bond donors (Lipinski definition) is 1. The summed E-state index contributed by atoms with van der Waals surface area (Å²) in [6, 6.07) is 4.71. The van der Waals surface area contributed by atoms with Crippen molar-refractivity contribution in [2.24, 2.45) is 11.7 Å². The lowest BCUT2D eigenvalue weighted by molar-refractivity contribution is 0.299. The third-order valence-electron chi connectivity index (χ3n) is 3.92. The van der Waals surface area contributed by atoms with Crippen LogP contribution in [0.1, 0.15) is 32.6 Å². The van der Waals surface area contributed by atoms with E-state index in [0.29, 0.717) is 12.0 Å². The number of rotatable bonds is 4. The quantitative estimate of drug-likeness (QED) is 0.928. The van der Waals surface area contributed by atoms with Crippen molar-refractivity contribution in [2.45, 2.75) is 38.6 Å². The molecule has 1 aliphatic rings. The van der Waals surface area contributed by atoms with Gasteiger partial charge >= 0.3 is 0 Å². The molecular formula is C14H22BrN3. The highest BCUT2D eigenvalue weighted by Gasteiger charge is 2.29. The fraction of sp³-hybridized carbons (Fsp3) is 0.643. The average molecular weight is 312 g/mol. The Kier molecular flexibility index (Phi) is 5.01. The summed E-state index contributed by atoms with van der Waals surface area (Å²) in [4.78, 5) is 6.95. The molecule has 0 aliphatic heterocycles. The summed E-state index contributed by atoms with van der Waals surface area (Å²) in [6.07, 6.45) is 7.01. The highest BCUT2D eigenvalue weighted by Crippen LogP contribution is 2.30. The first-order chi connectivity index (χ1) is 8.76. The molecule has 1 aliphatic carbocycles. The Morgan fingerprint density at radius 2 is 2.17 bits per heavy atom. The van der Waals surface area contributed by atoms with Gasteiger partial charge in [-0.1, -0.05) is 12.8 Å². The van der Waals surface area contributed by atoms with E-state index in [-0.39, 0.29) is 0 Å². The van der Waals surface area contributed by atoms with Crippen LogP contribution in [0.5, 0.6) is 0 Å². The second-order valence-corrected chi connectivity index (χ2v) is 5.88. The van der Waals surface area contributed by atoms with Gasteiger partial charge in [-0.05, 0) is 60.3 Å². The highest BCUT2D eigenvalue weighted by molar-refractivity contribution is 9.10. The molecule has 1 saturated carbocycles. The summed E-state index contributed by atoms with van der Waals surface area (Å²) in [5.74, 6) is 1.69. The van der Waals surface area contributed by atoms with Crippen LogP contribution in [0.2, 0.25) is 0 Å². The first-order valence-electron chi connectivity index (χ1n) is 6.84. The molecule has 100 valence electrons. The van der Waals surface area contributed by atoms with Gasteiger partial charge in [0, 0.05) is 23.3 Å². The molecule has 0 spiro atoms. The molecule has 2 unspecified atom stereocenters. The largest absolute Gasteiger partial charge is 0.354 e. The Morgan fingerprint density at radius 1 is 1.39 bits per heavy atom. The third-order valence-corrected chi connectivity index (χ3v) is 4.39. The summed E-state index contributed by atoms with van der Waals surface area (Å²) in [5.41, 5.74) is 5.93. The summed E-state index contributed by atoms with van der Waals surface area (Å²) in [7, 11) is 0. The van der Waals surface area contributed by atoms with Crippen LogP contribution in [0.15, 0.2) is 22.8 Å². The van der Waals surface area contributed by atoms with Gasteiger partial charge < -0.3 is 10.6 Å². The summed E-state index contributed by atoms with van der Waals surface area (Å²) < 4.78 is 1.03. The van der Waals surface area contributed by atoms with Crippen molar-refractivity contribution in [1.29, 1.82) is 0 Å². The van der Waals surface area contributed by atoms with Gasteiger partial charge in [-0.25, -0.2) is 4.98 Å². The SMILES string of the molecule is CCN(c1ccc(Br)cn1)C1CCCCC1CN. The van der Waals surface area contributed by atoms with E-state index < -0.39 is 0 Å². The van der Waals surface area contributed by atoms with Gasteiger partial charge in [0.1, 0.15) is 5.82 Å². The van der Waals surface area contributed by atoms with E-state index in [1.165, 1.54) is 25.7 Å². The number of anilines is 1. The van der Waals surface area contributed by atoms with E-state index in [0.717, 1.165) is 23.4 Å². The maximum atomic E-state index is 5.93. The molecule has 3 nitrogen and oxygen atoms in total. The summed E-state index contributed by atoms with van der Waals surface area (Å²) in [5, 5.41) is 0. The van der Waals surface area contributed by atoms with Crippen LogP contribution in [0.3, 0.4) is 0 Å². The first kappa shape index (κ1) is 13.8. The van der Waals surface area contributed by atoms with E-state index in [4.69, 9.17) is 5.73 Å². The van der Waals surface area contributed by atoms with Crippen LogP contribution in [0.25, 0.3) is 0 Å². The van der Waals surface area contributed by atoms with Crippen molar-refractivity contribution in [3.05, 3.63) is 22.8 Å². The van der Waals surface area contributed by atoms with Gasteiger partial charge in [0.2, 0.25) is 0 Å². The summed E-state index contributed by atoms with van der Waals surface area (Å²) in [6.45, 7) is 3.99. The van der Waals surface area contributed by atoms with Crippen LogP contribution >= 0.6 is 15.9 Å². The minimum atomic E-state index is 0.558. The Balaban J connectivity index is 2.18. The molecule has 0 amide bonds. The lowest BCUT2D eigenvalue weighted by atomic mass is 9.83. The molecule has 0 radical (unpaired) electrons. The zero-order chi connectivity index (χ0) is 13.0. The smallest absolute Gasteiger partial charge is 0.128 e. The fourth-order valence-electron chi connectivity index (χ4n) is 2.98. The van der Waals surface area contributed by atoms with Gasteiger partial charge in [0.25, 0.3) is 0 Å². The molecule has 1 fully saturated rings. The molecule has 2 rings (SSSR count). The molecular weight excluding hydrogens is 290 g/mol. The number of nitrogens with zero attached hydrogens (tertiary/aromatic N) is 2. The van der Waals surface area contributed by atoms with E-state index in [2.05, 4.69) is 44.9 Å². The second kappa shape index (κ2) is 6.53. The summed E-state index contributed by atoms with van der Waals surface area (Å²) >= 11 is 3.44. The minimum Gasteiger partial charge on any atom is -0.354 e. The molecule has 2 atom stereocenters. The molecule has 2 N–H and O–H groups in total. The van der Waals surface area contributed by atoms with Gasteiger partial charge in [0.05, 0.1) is 0 Å². The van der Waals surface area contributed by atoms with Gasteiger partial charge in [0.15, 0.2) is 0 Å². The predicted molar refractivity (Wildman–Crippen MR) is 79.8 cm³/mol. The van der Waals surface area contributed by atoms with Gasteiger partial charge in [-0.2, -0.15) is 0 Å². The molecule has 1 aromatic heterocycles. The number of halogens is 1. The van der Waals surface area contributed by atoms with Gasteiger partial charge in [-0.3, -0.25) is 0 Å². The van der Waals surface area contributed by atoms with E-state index in [1.807, 2.05) is 6.20 Å². The van der Waals surface area contributed by atoms with Gasteiger partial charge in [-0.15, -0.1) is 0 Å². The van der Waals surface area contributed by atoms with Crippen molar-refractivity contribution < 1.29 is 0 Å². The molecule has 0 saturated heterocycles. The Hall–Kier alpha value is -0.610. The number of hydrogen-bond acceptors (Lipinski definition) is 3. The van der Waals surface area contributed by atoms with Crippen LogP contribution < -0.4 is 10.6 Å². The number of nitrogens with two attached hydrogens (primary N) is 1. The van der Waals surface area contributed by atoms with Crippen molar-refractivity contribution in [1.82, 2.24) is 4.98 Å². The molecule has 1 aromatic rings. The van der Waals surface area contributed by atoms with E-state index >= 15 is 0 Å². The monoisotopic (exact) mass is 311 g/mol. The zero-order valence-corrected chi connectivity index (χ0v) is 12.6. The van der Waals surface area contributed by atoms with Crippen molar-refractivity contribution in [3.8, 4) is 0 Å². The van der Waals surface area contributed by atoms with E-state index in [9.17, 15) is 0 Å². The number of aromatic nitrogens is 1. The molecule has 0 bridgehead atoms. The lowest BCUT2D eigenvalue weighted by Crippen LogP contribution is -2.45. The maximum Gasteiger partial charge on any atom is 0.128 e. The number of pyridine rings is 1. The Morgan fingerprint density at radius 3 is 2.78 bits per heavy atom. The highest BCUT2D eigenvalue weighted by atomic mass is 79.9. The zero-order valence-electron chi connectivity index (χ0n) is 11.0. The average Bonchev–Trinajstić information content (AvgIpc) is 2.42. The minimum absolute atomic E-state index is 0.558. The van der Waals surface area contributed by atoms with Crippen LogP contribution in [-0.4, -0.2) is 24.1 Å².